The van der Waals surface area contributed by atoms with E-state index in [2.05, 4.69) is 19.2 Å². The maximum atomic E-state index is 13.1. The number of pyridine rings is 1. The van der Waals surface area contributed by atoms with Crippen molar-refractivity contribution in [3.05, 3.63) is 75.7 Å². The fourth-order valence-electron chi connectivity index (χ4n) is 3.65. The smallest absolute Gasteiger partial charge is 0.258 e. The van der Waals surface area contributed by atoms with Gasteiger partial charge in [-0.3, -0.25) is 9.59 Å². The number of hydrogen-bond donors (Lipinski definition) is 2. The number of anilines is 1. The minimum atomic E-state index is -0.372. The third kappa shape index (κ3) is 4.74. The molecule has 30 heavy (non-hydrogen) atoms. The lowest BCUT2D eigenvalue weighted by atomic mass is 10.00. The summed E-state index contributed by atoms with van der Waals surface area (Å²) >= 11 is 5.93. The highest BCUT2D eigenvalue weighted by molar-refractivity contribution is 6.30. The highest BCUT2D eigenvalue weighted by Crippen LogP contribution is 2.25. The molecule has 6 heteroatoms. The second-order valence-electron chi connectivity index (χ2n) is 8.02. The number of carbonyl (C=O) groups excluding carboxylic acids is 1. The normalized spacial score (nSPS) is 13.4. The molecule has 1 amide bonds. The van der Waals surface area contributed by atoms with Crippen molar-refractivity contribution in [2.75, 3.05) is 11.9 Å². The van der Waals surface area contributed by atoms with E-state index in [1.54, 1.807) is 41.1 Å². The predicted molar refractivity (Wildman–Crippen MR) is 122 cm³/mol. The Hall–Kier alpha value is -2.63. The third-order valence-corrected chi connectivity index (χ3v) is 5.59. The van der Waals surface area contributed by atoms with Crippen LogP contribution in [0.25, 0.3) is 10.8 Å². The van der Waals surface area contributed by atoms with E-state index in [0.29, 0.717) is 33.8 Å². The molecule has 1 heterocycles. The summed E-state index contributed by atoms with van der Waals surface area (Å²) in [5, 5.41) is 14.5. The van der Waals surface area contributed by atoms with Gasteiger partial charge in [0.25, 0.3) is 5.56 Å². The van der Waals surface area contributed by atoms with Crippen LogP contribution in [0.3, 0.4) is 0 Å². The Morgan fingerprint density at radius 3 is 2.40 bits per heavy atom. The first-order valence-electron chi connectivity index (χ1n) is 10.1. The van der Waals surface area contributed by atoms with E-state index in [0.717, 1.165) is 5.56 Å². The van der Waals surface area contributed by atoms with Gasteiger partial charge < -0.3 is 15.0 Å². The molecule has 0 aliphatic carbocycles. The maximum Gasteiger partial charge on any atom is 0.258 e. The van der Waals surface area contributed by atoms with E-state index in [1.807, 2.05) is 25.1 Å². The number of hydrogen-bond acceptors (Lipinski definition) is 3. The molecule has 0 aliphatic rings. The van der Waals surface area contributed by atoms with E-state index >= 15 is 0 Å². The molecule has 158 valence electrons. The van der Waals surface area contributed by atoms with Crippen molar-refractivity contribution < 1.29 is 9.90 Å². The first-order valence-corrected chi connectivity index (χ1v) is 10.5. The number of nitrogens with one attached hydrogen (secondary N) is 1. The Balaban J connectivity index is 1.92. The third-order valence-electron chi connectivity index (χ3n) is 5.34. The maximum absolute atomic E-state index is 13.1. The van der Waals surface area contributed by atoms with Gasteiger partial charge in [-0.05, 0) is 55.2 Å². The number of fused-ring (bicyclic) bond motifs is 1. The van der Waals surface area contributed by atoms with Gasteiger partial charge in [0.15, 0.2) is 0 Å². The van der Waals surface area contributed by atoms with E-state index in [4.69, 9.17) is 11.6 Å². The average Bonchev–Trinajstić information content (AvgIpc) is 2.73. The molecule has 0 saturated carbocycles. The zero-order chi connectivity index (χ0) is 21.8. The van der Waals surface area contributed by atoms with Crippen LogP contribution in [0.15, 0.2) is 59.5 Å². The van der Waals surface area contributed by atoms with Crippen molar-refractivity contribution in [3.8, 4) is 0 Å². The minimum Gasteiger partial charge on any atom is -0.394 e. The zero-order valence-corrected chi connectivity index (χ0v) is 18.2. The first kappa shape index (κ1) is 22.1. The number of carbonyl (C=O) groups is 1. The van der Waals surface area contributed by atoms with Crippen LogP contribution in [0.4, 0.5) is 5.69 Å². The molecule has 0 saturated heterocycles. The molecular weight excluding hydrogens is 400 g/mol. The van der Waals surface area contributed by atoms with Crippen molar-refractivity contribution in [2.24, 2.45) is 5.92 Å². The second-order valence-corrected chi connectivity index (χ2v) is 8.46. The molecule has 5 nitrogen and oxygen atoms in total. The lowest BCUT2D eigenvalue weighted by Gasteiger charge is -2.20. The van der Waals surface area contributed by atoms with Gasteiger partial charge in [0.05, 0.1) is 18.6 Å². The Morgan fingerprint density at radius 2 is 1.77 bits per heavy atom. The number of aliphatic hydroxyl groups excluding tert-OH is 1. The van der Waals surface area contributed by atoms with E-state index in [9.17, 15) is 14.7 Å². The Bertz CT molecular complexity index is 1090. The fraction of sp³-hybridized carbons (Fsp3) is 0.333. The molecule has 0 spiro atoms. The van der Waals surface area contributed by atoms with Gasteiger partial charge in [0.1, 0.15) is 0 Å². The molecule has 0 fully saturated rings. The molecule has 2 atom stereocenters. The van der Waals surface area contributed by atoms with Crippen LogP contribution < -0.4 is 10.9 Å². The molecule has 2 N–H and O–H groups in total. The highest BCUT2D eigenvalue weighted by Gasteiger charge is 2.18. The van der Waals surface area contributed by atoms with Gasteiger partial charge in [0.2, 0.25) is 5.91 Å². The summed E-state index contributed by atoms with van der Waals surface area (Å²) in [6, 6.07) is 14.0. The number of aliphatic hydroxyl groups is 1. The van der Waals surface area contributed by atoms with Crippen LogP contribution in [0.2, 0.25) is 5.02 Å². The van der Waals surface area contributed by atoms with Crippen molar-refractivity contribution in [3.63, 3.8) is 0 Å². The lowest BCUT2D eigenvalue weighted by molar-refractivity contribution is -0.117. The van der Waals surface area contributed by atoms with E-state index < -0.39 is 0 Å². The summed E-state index contributed by atoms with van der Waals surface area (Å²) in [7, 11) is 0. The van der Waals surface area contributed by atoms with Crippen molar-refractivity contribution in [2.45, 2.75) is 39.2 Å². The number of rotatable bonds is 7. The summed E-state index contributed by atoms with van der Waals surface area (Å²) in [6.07, 6.45) is 2.41. The predicted octanol–water partition coefficient (Wildman–Crippen LogP) is 4.98. The summed E-state index contributed by atoms with van der Waals surface area (Å²) in [4.78, 5) is 25.9. The van der Waals surface area contributed by atoms with Crippen molar-refractivity contribution >= 4 is 34.0 Å². The minimum absolute atomic E-state index is 0.0986. The lowest BCUT2D eigenvalue weighted by Crippen LogP contribution is -2.28. The van der Waals surface area contributed by atoms with Crippen molar-refractivity contribution in [1.82, 2.24) is 4.57 Å². The van der Waals surface area contributed by atoms with Gasteiger partial charge in [0, 0.05) is 27.7 Å². The summed E-state index contributed by atoms with van der Waals surface area (Å²) in [5.41, 5.74) is 1.28. The zero-order valence-electron chi connectivity index (χ0n) is 17.4. The fourth-order valence-corrected chi connectivity index (χ4v) is 3.78. The second kappa shape index (κ2) is 9.45. The van der Waals surface area contributed by atoms with Crippen molar-refractivity contribution in [1.29, 1.82) is 0 Å². The number of amides is 1. The molecule has 2 aromatic carbocycles. The molecule has 3 rings (SSSR count). The summed E-state index contributed by atoms with van der Waals surface area (Å²) in [5.74, 6) is -0.186. The molecule has 0 unspecified atom stereocenters. The summed E-state index contributed by atoms with van der Waals surface area (Å²) < 4.78 is 1.59. The average molecular weight is 427 g/mol. The Kier molecular flexibility index (Phi) is 6.95. The van der Waals surface area contributed by atoms with Gasteiger partial charge in [-0.25, -0.2) is 0 Å². The number of benzene rings is 2. The van der Waals surface area contributed by atoms with Gasteiger partial charge >= 0.3 is 0 Å². The quantitative estimate of drug-likeness (QED) is 0.559. The van der Waals surface area contributed by atoms with Crippen LogP contribution >= 0.6 is 11.6 Å². The van der Waals surface area contributed by atoms with Crippen LogP contribution in [-0.4, -0.2) is 22.2 Å². The Labute approximate surface area is 181 Å². The largest absolute Gasteiger partial charge is 0.394 e. The summed E-state index contributed by atoms with van der Waals surface area (Å²) in [6.45, 7) is 5.85. The molecule has 3 aromatic rings. The first-order chi connectivity index (χ1) is 14.3. The van der Waals surface area contributed by atoms with Crippen LogP contribution in [0, 0.1) is 5.92 Å². The van der Waals surface area contributed by atoms with Crippen LogP contribution in [0.5, 0.6) is 0 Å². The van der Waals surface area contributed by atoms with Gasteiger partial charge in [-0.15, -0.1) is 0 Å². The van der Waals surface area contributed by atoms with Gasteiger partial charge in [-0.2, -0.15) is 0 Å². The van der Waals surface area contributed by atoms with Crippen LogP contribution in [-0.2, 0) is 4.79 Å². The van der Waals surface area contributed by atoms with E-state index in [-0.39, 0.29) is 30.0 Å². The Morgan fingerprint density at radius 1 is 1.07 bits per heavy atom. The van der Waals surface area contributed by atoms with Crippen LogP contribution in [0.1, 0.15) is 44.7 Å². The molecule has 1 aromatic heterocycles. The highest BCUT2D eigenvalue weighted by atomic mass is 35.5. The molecular formula is C24H27ClN2O3. The van der Waals surface area contributed by atoms with E-state index in [1.165, 1.54) is 0 Å². The SMILES string of the molecule is CC(C)C[C@H](CO)n1ccc2c(NC(=O)[C@H](C)c3ccc(Cl)cc3)cccc2c1=O. The molecule has 0 bridgehead atoms. The number of nitrogens with zero attached hydrogens (tertiary/aromatic N) is 1. The molecule has 0 aliphatic heterocycles. The molecule has 0 radical (unpaired) electrons. The topological polar surface area (TPSA) is 71.3 Å². The number of halogens is 1. The standard InChI is InChI=1S/C24H27ClN2O3/c1-15(2)13-19(14-28)27-12-11-20-21(24(27)30)5-4-6-22(20)26-23(29)16(3)17-7-9-18(25)10-8-17/h4-12,15-16,19,28H,13-14H2,1-3H3,(H,26,29)/t16-,19-/m1/s1. The van der Waals surface area contributed by atoms with Gasteiger partial charge in [-0.1, -0.05) is 43.6 Å². The number of aromatic nitrogens is 1. The monoisotopic (exact) mass is 426 g/mol.